The van der Waals surface area contributed by atoms with Crippen LogP contribution in [0.15, 0.2) is 48.5 Å². The van der Waals surface area contributed by atoms with Crippen molar-refractivity contribution in [1.29, 1.82) is 0 Å². The van der Waals surface area contributed by atoms with E-state index in [0.717, 1.165) is 22.7 Å². The van der Waals surface area contributed by atoms with Crippen LogP contribution < -0.4 is 4.31 Å². The van der Waals surface area contributed by atoms with E-state index in [-0.39, 0.29) is 38.3 Å². The van der Waals surface area contributed by atoms with Crippen LogP contribution in [-0.4, -0.2) is 69.0 Å². The Hall–Kier alpha value is -3.08. The maximum Gasteiger partial charge on any atom is 0.416 e. The molecule has 0 spiro atoms. The third kappa shape index (κ3) is 5.84. The molecule has 2 aromatic carbocycles. The molecule has 0 N–H and O–H groups in total. The minimum absolute atomic E-state index is 0.0765. The molecule has 0 atom stereocenters. The molecular formula is C22H24F3N3O4S. The lowest BCUT2D eigenvalue weighted by molar-refractivity contribution is -0.137. The smallest absolute Gasteiger partial charge is 0.338 e. The van der Waals surface area contributed by atoms with Gasteiger partial charge < -0.3 is 9.80 Å². The lowest BCUT2D eigenvalue weighted by Crippen LogP contribution is -2.53. The largest absolute Gasteiger partial charge is 0.416 e. The van der Waals surface area contributed by atoms with Crippen molar-refractivity contribution in [2.45, 2.75) is 13.1 Å². The Kier molecular flexibility index (Phi) is 7.01. The standard InChI is InChI=1S/C22H24F3N3O4S/c1-16-6-3-4-9-19(16)28(33(2,31)32)15-20(29)26-10-12-27(13-11-26)21(30)17-7-5-8-18(14-17)22(23,24)25/h3-9,14H,10-13,15H2,1-2H3. The van der Waals surface area contributed by atoms with Crippen LogP contribution in [0.5, 0.6) is 0 Å². The van der Waals surface area contributed by atoms with Gasteiger partial charge in [0.15, 0.2) is 0 Å². The van der Waals surface area contributed by atoms with E-state index in [1.165, 1.54) is 21.9 Å². The van der Waals surface area contributed by atoms with Crippen molar-refractivity contribution in [3.05, 3.63) is 65.2 Å². The van der Waals surface area contributed by atoms with Crippen LogP contribution in [0.3, 0.4) is 0 Å². The molecule has 2 amide bonds. The second-order valence-electron chi connectivity index (χ2n) is 7.81. The molecule has 0 bridgehead atoms. The summed E-state index contributed by atoms with van der Waals surface area (Å²) in [5, 5.41) is 0. The number of amides is 2. The normalized spacial score (nSPS) is 14.8. The Morgan fingerprint density at radius 3 is 2.15 bits per heavy atom. The fourth-order valence-corrected chi connectivity index (χ4v) is 4.52. The number of hydrogen-bond donors (Lipinski definition) is 0. The van der Waals surface area contributed by atoms with E-state index in [9.17, 15) is 31.2 Å². The van der Waals surface area contributed by atoms with Crippen LogP contribution in [0.25, 0.3) is 0 Å². The zero-order valence-electron chi connectivity index (χ0n) is 18.2. The van der Waals surface area contributed by atoms with Gasteiger partial charge in [-0.05, 0) is 36.8 Å². The van der Waals surface area contributed by atoms with Gasteiger partial charge in [0.25, 0.3) is 5.91 Å². The van der Waals surface area contributed by atoms with Gasteiger partial charge in [0.1, 0.15) is 6.54 Å². The van der Waals surface area contributed by atoms with E-state index in [1.54, 1.807) is 31.2 Å². The van der Waals surface area contributed by atoms with Gasteiger partial charge >= 0.3 is 6.18 Å². The Labute approximate surface area is 190 Å². The molecular weight excluding hydrogens is 459 g/mol. The first-order chi connectivity index (χ1) is 15.4. The number of piperazine rings is 1. The van der Waals surface area contributed by atoms with Gasteiger partial charge in [-0.1, -0.05) is 24.3 Å². The average Bonchev–Trinajstić information content (AvgIpc) is 2.76. The van der Waals surface area contributed by atoms with Gasteiger partial charge in [0.05, 0.1) is 17.5 Å². The van der Waals surface area contributed by atoms with Crippen LogP contribution in [-0.2, 0) is 21.0 Å². The molecule has 11 heteroatoms. The predicted molar refractivity (Wildman–Crippen MR) is 117 cm³/mol. The molecule has 1 saturated heterocycles. The van der Waals surface area contributed by atoms with Crippen molar-refractivity contribution < 1.29 is 31.2 Å². The molecule has 7 nitrogen and oxygen atoms in total. The summed E-state index contributed by atoms with van der Waals surface area (Å²) in [6.45, 7) is 1.92. The molecule has 0 aromatic heterocycles. The van der Waals surface area contributed by atoms with Gasteiger partial charge in [-0.25, -0.2) is 8.42 Å². The van der Waals surface area contributed by atoms with E-state index in [2.05, 4.69) is 0 Å². The molecule has 0 unspecified atom stereocenters. The summed E-state index contributed by atoms with van der Waals surface area (Å²) in [6, 6.07) is 11.0. The molecule has 1 aliphatic rings. The van der Waals surface area contributed by atoms with Gasteiger partial charge in [-0.3, -0.25) is 13.9 Å². The second-order valence-corrected chi connectivity index (χ2v) is 9.71. The first-order valence-electron chi connectivity index (χ1n) is 10.2. The molecule has 3 rings (SSSR count). The number of carbonyl (C=O) groups is 2. The SMILES string of the molecule is Cc1ccccc1N(CC(=O)N1CCN(C(=O)c2cccc(C(F)(F)F)c2)CC1)S(C)(=O)=O. The maximum atomic E-state index is 12.9. The number of benzene rings is 2. The minimum Gasteiger partial charge on any atom is -0.338 e. The number of hydrogen-bond acceptors (Lipinski definition) is 4. The Balaban J connectivity index is 1.66. The molecule has 0 radical (unpaired) electrons. The van der Waals surface area contributed by atoms with Gasteiger partial charge in [0, 0.05) is 31.7 Å². The molecule has 1 fully saturated rings. The number of carbonyl (C=O) groups excluding carboxylic acids is 2. The van der Waals surface area contributed by atoms with Crippen molar-refractivity contribution in [2.75, 3.05) is 43.3 Å². The number of halogens is 3. The molecule has 0 aliphatic carbocycles. The highest BCUT2D eigenvalue weighted by Gasteiger charge is 2.32. The zero-order chi connectivity index (χ0) is 24.4. The fourth-order valence-electron chi connectivity index (χ4n) is 3.62. The highest BCUT2D eigenvalue weighted by Crippen LogP contribution is 2.30. The third-order valence-electron chi connectivity index (χ3n) is 5.42. The van der Waals surface area contributed by atoms with E-state index >= 15 is 0 Å². The summed E-state index contributed by atoms with van der Waals surface area (Å²) in [7, 11) is -3.72. The molecule has 1 heterocycles. The lowest BCUT2D eigenvalue weighted by atomic mass is 10.1. The molecule has 2 aromatic rings. The minimum atomic E-state index is -4.55. The molecule has 0 saturated carbocycles. The summed E-state index contributed by atoms with van der Waals surface area (Å²) in [5.74, 6) is -0.972. The summed E-state index contributed by atoms with van der Waals surface area (Å²) < 4.78 is 64.5. The Morgan fingerprint density at radius 2 is 1.58 bits per heavy atom. The summed E-state index contributed by atoms with van der Waals surface area (Å²) in [4.78, 5) is 28.3. The van der Waals surface area contributed by atoms with Crippen molar-refractivity contribution in [3.8, 4) is 0 Å². The number of alkyl halides is 3. The van der Waals surface area contributed by atoms with E-state index in [1.807, 2.05) is 0 Å². The number of rotatable bonds is 5. The first-order valence-corrected chi connectivity index (χ1v) is 12.0. The Bertz CT molecular complexity index is 1140. The molecule has 1 aliphatic heterocycles. The van der Waals surface area contributed by atoms with Gasteiger partial charge in [-0.15, -0.1) is 0 Å². The second kappa shape index (κ2) is 9.42. The highest BCUT2D eigenvalue weighted by atomic mass is 32.2. The van der Waals surface area contributed by atoms with Crippen LogP contribution >= 0.6 is 0 Å². The van der Waals surface area contributed by atoms with Crippen molar-refractivity contribution >= 4 is 27.5 Å². The van der Waals surface area contributed by atoms with Gasteiger partial charge in [-0.2, -0.15) is 13.2 Å². The quantitative estimate of drug-likeness (QED) is 0.655. The predicted octanol–water partition coefficient (Wildman–Crippen LogP) is 2.76. The number of sulfonamides is 1. The monoisotopic (exact) mass is 483 g/mol. The highest BCUT2D eigenvalue weighted by molar-refractivity contribution is 7.92. The molecule has 33 heavy (non-hydrogen) atoms. The summed E-state index contributed by atoms with van der Waals surface area (Å²) >= 11 is 0. The van der Waals surface area contributed by atoms with Crippen LogP contribution in [0.4, 0.5) is 18.9 Å². The van der Waals surface area contributed by atoms with Gasteiger partial charge in [0.2, 0.25) is 15.9 Å². The van der Waals surface area contributed by atoms with Crippen molar-refractivity contribution in [2.24, 2.45) is 0 Å². The van der Waals surface area contributed by atoms with Crippen molar-refractivity contribution in [1.82, 2.24) is 9.80 Å². The zero-order valence-corrected chi connectivity index (χ0v) is 19.0. The van der Waals surface area contributed by atoms with Crippen LogP contribution in [0, 0.1) is 6.92 Å². The fraction of sp³-hybridized carbons (Fsp3) is 0.364. The van der Waals surface area contributed by atoms with E-state index < -0.39 is 33.6 Å². The van der Waals surface area contributed by atoms with Crippen molar-refractivity contribution in [3.63, 3.8) is 0 Å². The van der Waals surface area contributed by atoms with E-state index in [0.29, 0.717) is 11.3 Å². The number of aryl methyl sites for hydroxylation is 1. The van der Waals surface area contributed by atoms with Crippen LogP contribution in [0.2, 0.25) is 0 Å². The maximum absolute atomic E-state index is 12.9. The summed E-state index contributed by atoms with van der Waals surface area (Å²) in [6.07, 6.45) is -3.53. The third-order valence-corrected chi connectivity index (χ3v) is 6.55. The first kappa shape index (κ1) is 24.6. The number of para-hydroxylation sites is 1. The lowest BCUT2D eigenvalue weighted by Gasteiger charge is -2.36. The Morgan fingerprint density at radius 1 is 0.970 bits per heavy atom. The number of nitrogens with zero attached hydrogens (tertiary/aromatic N) is 3. The summed E-state index contributed by atoms with van der Waals surface area (Å²) in [5.41, 5.74) is 0.130. The number of anilines is 1. The van der Waals surface area contributed by atoms with E-state index in [4.69, 9.17) is 0 Å². The average molecular weight is 484 g/mol. The molecule has 178 valence electrons. The topological polar surface area (TPSA) is 78.0 Å². The van der Waals surface area contributed by atoms with Crippen LogP contribution in [0.1, 0.15) is 21.5 Å².